The van der Waals surface area contributed by atoms with Crippen molar-refractivity contribution in [3.8, 4) is 11.5 Å². The molecule has 1 heterocycles. The van der Waals surface area contributed by atoms with E-state index in [9.17, 15) is 18.0 Å². The van der Waals surface area contributed by atoms with Crippen LogP contribution in [0.3, 0.4) is 0 Å². The van der Waals surface area contributed by atoms with E-state index in [-0.39, 0.29) is 4.90 Å². The van der Waals surface area contributed by atoms with Crippen LogP contribution in [0.15, 0.2) is 23.1 Å². The monoisotopic (exact) mass is 414 g/mol. The van der Waals surface area contributed by atoms with Crippen molar-refractivity contribution in [3.05, 3.63) is 18.2 Å². The van der Waals surface area contributed by atoms with Gasteiger partial charge < -0.3 is 19.5 Å². The van der Waals surface area contributed by atoms with E-state index < -0.39 is 40.6 Å². The number of benzene rings is 1. The number of rotatable bonds is 8. The fourth-order valence-corrected chi connectivity index (χ4v) is 3.23. The maximum Gasteiger partial charge on any atom is 0.321 e. The second-order valence-corrected chi connectivity index (χ2v) is 8.70. The minimum atomic E-state index is -3.96. The minimum Gasteiger partial charge on any atom is -0.490 e. The molecule has 28 heavy (non-hydrogen) atoms. The minimum absolute atomic E-state index is 0.0630. The summed E-state index contributed by atoms with van der Waals surface area (Å²) in [7, 11) is -3.96. The molecule has 0 atom stereocenters. The van der Waals surface area contributed by atoms with Crippen molar-refractivity contribution in [2.75, 3.05) is 26.4 Å². The van der Waals surface area contributed by atoms with Crippen LogP contribution in [0.1, 0.15) is 33.6 Å². The van der Waals surface area contributed by atoms with E-state index in [1.807, 2.05) is 20.8 Å². The molecule has 0 fully saturated rings. The molecule has 0 spiro atoms. The van der Waals surface area contributed by atoms with E-state index in [2.05, 4.69) is 10.0 Å². The molecule has 2 N–H and O–H groups in total. The van der Waals surface area contributed by atoms with Crippen LogP contribution in [0, 0.1) is 0 Å². The number of esters is 1. The summed E-state index contributed by atoms with van der Waals surface area (Å²) in [5.74, 6) is -0.511. The summed E-state index contributed by atoms with van der Waals surface area (Å²) < 4.78 is 42.6. The molecule has 1 amide bonds. The van der Waals surface area contributed by atoms with Gasteiger partial charge >= 0.3 is 5.97 Å². The predicted octanol–water partition coefficient (Wildman–Crippen LogP) is 0.974. The van der Waals surface area contributed by atoms with Crippen LogP contribution in [0.2, 0.25) is 0 Å². The molecule has 9 nitrogen and oxygen atoms in total. The molecular weight excluding hydrogens is 388 g/mol. The Balaban J connectivity index is 1.88. The van der Waals surface area contributed by atoms with E-state index in [1.54, 1.807) is 0 Å². The number of amides is 1. The SMILES string of the molecule is CCC(C)(C)NC(=O)COC(=O)CNS(=O)(=O)c1ccc2c(c1)OCCCO2. The Morgan fingerprint density at radius 3 is 2.54 bits per heavy atom. The number of fused-ring (bicyclic) bond motifs is 1. The molecule has 0 radical (unpaired) electrons. The largest absolute Gasteiger partial charge is 0.490 e. The maximum atomic E-state index is 12.4. The maximum absolute atomic E-state index is 12.4. The summed E-state index contributed by atoms with van der Waals surface area (Å²) in [6.45, 7) is 5.45. The van der Waals surface area contributed by atoms with E-state index in [0.717, 1.165) is 0 Å². The van der Waals surface area contributed by atoms with Gasteiger partial charge in [-0.15, -0.1) is 0 Å². The van der Waals surface area contributed by atoms with Crippen LogP contribution in [-0.4, -0.2) is 52.2 Å². The van der Waals surface area contributed by atoms with Crippen molar-refractivity contribution in [1.29, 1.82) is 0 Å². The molecule has 0 saturated carbocycles. The molecule has 0 aromatic heterocycles. The quantitative estimate of drug-likeness (QED) is 0.608. The molecular formula is C18H26N2O7S. The third-order valence-electron chi connectivity index (χ3n) is 4.16. The first kappa shape index (κ1) is 22.0. The van der Waals surface area contributed by atoms with Crippen molar-refractivity contribution < 1.29 is 32.2 Å². The molecule has 10 heteroatoms. The van der Waals surface area contributed by atoms with E-state index >= 15 is 0 Å². The molecule has 1 aliphatic rings. The summed E-state index contributed by atoms with van der Waals surface area (Å²) in [5, 5.41) is 2.71. The highest BCUT2D eigenvalue weighted by Gasteiger charge is 2.21. The summed E-state index contributed by atoms with van der Waals surface area (Å²) in [6, 6.07) is 4.21. The Morgan fingerprint density at radius 1 is 1.18 bits per heavy atom. The van der Waals surface area contributed by atoms with Gasteiger partial charge in [0.25, 0.3) is 5.91 Å². The lowest BCUT2D eigenvalue weighted by molar-refractivity contribution is -0.147. The van der Waals surface area contributed by atoms with E-state index in [0.29, 0.717) is 37.6 Å². The van der Waals surface area contributed by atoms with Gasteiger partial charge in [0, 0.05) is 18.0 Å². The third kappa shape index (κ3) is 6.38. The summed E-state index contributed by atoms with van der Waals surface area (Å²) in [6.07, 6.45) is 1.41. The van der Waals surface area contributed by atoms with Gasteiger partial charge in [0.15, 0.2) is 18.1 Å². The molecule has 0 aliphatic carbocycles. The zero-order valence-corrected chi connectivity index (χ0v) is 17.1. The van der Waals surface area contributed by atoms with Gasteiger partial charge in [-0.05, 0) is 32.4 Å². The van der Waals surface area contributed by atoms with Crippen molar-refractivity contribution in [2.24, 2.45) is 0 Å². The Kier molecular flexibility index (Phi) is 7.25. The van der Waals surface area contributed by atoms with Gasteiger partial charge in [0.05, 0.1) is 18.1 Å². The number of carbonyl (C=O) groups excluding carboxylic acids is 2. The number of ether oxygens (including phenoxy) is 3. The number of nitrogens with one attached hydrogen (secondary N) is 2. The second-order valence-electron chi connectivity index (χ2n) is 6.93. The first-order valence-electron chi connectivity index (χ1n) is 8.99. The van der Waals surface area contributed by atoms with Gasteiger partial charge in [0.2, 0.25) is 10.0 Å². The predicted molar refractivity (Wildman–Crippen MR) is 101 cm³/mol. The Morgan fingerprint density at radius 2 is 1.86 bits per heavy atom. The van der Waals surface area contributed by atoms with E-state index in [4.69, 9.17) is 14.2 Å². The number of hydrogen-bond acceptors (Lipinski definition) is 7. The molecule has 0 bridgehead atoms. The van der Waals surface area contributed by atoms with Crippen LogP contribution >= 0.6 is 0 Å². The van der Waals surface area contributed by atoms with Gasteiger partial charge in [0.1, 0.15) is 6.54 Å². The Labute approximate surface area is 164 Å². The fourth-order valence-electron chi connectivity index (χ4n) is 2.25. The molecule has 1 aliphatic heterocycles. The van der Waals surface area contributed by atoms with Gasteiger partial charge in [-0.1, -0.05) is 6.92 Å². The Bertz CT molecular complexity index is 821. The van der Waals surface area contributed by atoms with Crippen LogP contribution in [0.5, 0.6) is 11.5 Å². The van der Waals surface area contributed by atoms with Crippen molar-refractivity contribution >= 4 is 21.9 Å². The average Bonchev–Trinajstić information content (AvgIpc) is 2.89. The Hall–Kier alpha value is -2.33. The molecule has 0 saturated heterocycles. The van der Waals surface area contributed by atoms with Crippen LogP contribution in [0.25, 0.3) is 0 Å². The summed E-state index contributed by atoms with van der Waals surface area (Å²) >= 11 is 0. The van der Waals surface area contributed by atoms with Gasteiger partial charge in [-0.3, -0.25) is 9.59 Å². The third-order valence-corrected chi connectivity index (χ3v) is 5.56. The number of hydrogen-bond donors (Lipinski definition) is 2. The van der Waals surface area contributed by atoms with Crippen LogP contribution in [0.4, 0.5) is 0 Å². The lowest BCUT2D eigenvalue weighted by Crippen LogP contribution is -2.45. The molecule has 1 aromatic carbocycles. The highest BCUT2D eigenvalue weighted by molar-refractivity contribution is 7.89. The lowest BCUT2D eigenvalue weighted by Gasteiger charge is -2.24. The lowest BCUT2D eigenvalue weighted by atomic mass is 10.0. The van der Waals surface area contributed by atoms with Crippen molar-refractivity contribution in [1.82, 2.24) is 10.0 Å². The van der Waals surface area contributed by atoms with Crippen LogP contribution < -0.4 is 19.5 Å². The summed E-state index contributed by atoms with van der Waals surface area (Å²) in [4.78, 5) is 23.5. The fraction of sp³-hybridized carbons (Fsp3) is 0.556. The topological polar surface area (TPSA) is 120 Å². The smallest absolute Gasteiger partial charge is 0.321 e. The first-order valence-corrected chi connectivity index (χ1v) is 10.5. The summed E-state index contributed by atoms with van der Waals surface area (Å²) in [5.41, 5.74) is -0.414. The van der Waals surface area contributed by atoms with Gasteiger partial charge in [-0.2, -0.15) is 4.72 Å². The zero-order valence-electron chi connectivity index (χ0n) is 16.2. The zero-order chi connectivity index (χ0) is 20.8. The van der Waals surface area contributed by atoms with E-state index in [1.165, 1.54) is 18.2 Å². The van der Waals surface area contributed by atoms with Crippen molar-refractivity contribution in [3.63, 3.8) is 0 Å². The number of sulfonamides is 1. The molecule has 0 unspecified atom stereocenters. The first-order chi connectivity index (χ1) is 13.1. The molecule has 1 aromatic rings. The number of carbonyl (C=O) groups is 2. The second kappa shape index (κ2) is 9.24. The van der Waals surface area contributed by atoms with Gasteiger partial charge in [-0.25, -0.2) is 8.42 Å². The normalized spacial score (nSPS) is 14.1. The standard InChI is InChI=1S/C18H26N2O7S/c1-4-18(2,3)20-16(21)12-27-17(22)11-19-28(23,24)13-6-7-14-15(10-13)26-9-5-8-25-14/h6-7,10,19H,4-5,8-9,11-12H2,1-3H3,(H,20,21). The molecule has 2 rings (SSSR count). The highest BCUT2D eigenvalue weighted by atomic mass is 32.2. The highest BCUT2D eigenvalue weighted by Crippen LogP contribution is 2.31. The van der Waals surface area contributed by atoms with Crippen molar-refractivity contribution in [2.45, 2.75) is 44.0 Å². The molecule has 156 valence electrons. The van der Waals surface area contributed by atoms with Crippen LogP contribution in [-0.2, 0) is 24.3 Å². The average molecular weight is 414 g/mol.